The molecule has 0 aliphatic carbocycles. The van der Waals surface area contributed by atoms with Gasteiger partial charge in [-0.15, -0.1) is 0 Å². The second-order valence-corrected chi connectivity index (χ2v) is 12.3. The van der Waals surface area contributed by atoms with Crippen LogP contribution in [0.1, 0.15) is 24.5 Å². The monoisotopic (exact) mass is 650 g/mol. The smallest absolute Gasteiger partial charge is 0.271 e. The highest BCUT2D eigenvalue weighted by molar-refractivity contribution is 7.92. The average molecular weight is 652 g/mol. The molecule has 0 saturated heterocycles. The molecular weight excluding hydrogens is 619 g/mol. The van der Waals surface area contributed by atoms with Crippen LogP contribution in [0.4, 0.5) is 11.4 Å². The summed E-state index contributed by atoms with van der Waals surface area (Å²) in [5.41, 5.74) is 0.498. The molecule has 43 heavy (non-hydrogen) atoms. The molecule has 0 aliphatic heterocycles. The Kier molecular flexibility index (Phi) is 11.8. The number of hydrogen-bond donors (Lipinski definition) is 1. The van der Waals surface area contributed by atoms with E-state index in [1.807, 2.05) is 25.1 Å². The first-order valence-electron chi connectivity index (χ1n) is 13.2. The van der Waals surface area contributed by atoms with Crippen molar-refractivity contribution in [3.8, 4) is 5.75 Å². The lowest BCUT2D eigenvalue weighted by Gasteiger charge is -2.34. The summed E-state index contributed by atoms with van der Waals surface area (Å²) in [6.07, 6.45) is 1.61. The summed E-state index contributed by atoms with van der Waals surface area (Å²) in [6.45, 7) is 1.21. The molecule has 14 heteroatoms. The number of sulfonamides is 1. The molecule has 1 N–H and O–H groups in total. The average Bonchev–Trinajstić information content (AvgIpc) is 2.97. The third-order valence-corrected chi connectivity index (χ3v) is 8.37. The zero-order chi connectivity index (χ0) is 31.7. The number of nitro benzene ring substituents is 1. The Balaban J connectivity index is 2.16. The maximum Gasteiger partial charge on any atom is 0.271 e. The van der Waals surface area contributed by atoms with E-state index in [4.69, 9.17) is 27.9 Å². The van der Waals surface area contributed by atoms with Gasteiger partial charge >= 0.3 is 0 Å². The van der Waals surface area contributed by atoms with Crippen LogP contribution in [-0.2, 0) is 32.6 Å². The highest BCUT2D eigenvalue weighted by Crippen LogP contribution is 2.34. The molecule has 3 aromatic rings. The molecule has 1 atom stereocenters. The summed E-state index contributed by atoms with van der Waals surface area (Å²) in [7, 11) is -2.93. The first-order valence-corrected chi connectivity index (χ1v) is 15.8. The van der Waals surface area contributed by atoms with Crippen molar-refractivity contribution in [1.82, 2.24) is 10.2 Å². The summed E-state index contributed by atoms with van der Waals surface area (Å²) < 4.78 is 32.1. The molecule has 0 saturated carbocycles. The van der Waals surface area contributed by atoms with Crippen LogP contribution in [0.5, 0.6) is 5.75 Å². The van der Waals surface area contributed by atoms with Gasteiger partial charge in [-0.05, 0) is 30.2 Å². The van der Waals surface area contributed by atoms with Gasteiger partial charge in [0, 0.05) is 47.3 Å². The lowest BCUT2D eigenvalue weighted by atomic mass is 10.0. The number of nitro groups is 1. The minimum absolute atomic E-state index is 0.00829. The molecule has 0 fully saturated rings. The third-order valence-electron chi connectivity index (χ3n) is 6.53. The second kappa shape index (κ2) is 15.0. The van der Waals surface area contributed by atoms with Crippen LogP contribution in [0.3, 0.4) is 0 Å². The van der Waals surface area contributed by atoms with Gasteiger partial charge in [-0.1, -0.05) is 66.5 Å². The fourth-order valence-electron chi connectivity index (χ4n) is 4.36. The normalized spacial score (nSPS) is 11.8. The highest BCUT2D eigenvalue weighted by atomic mass is 35.5. The summed E-state index contributed by atoms with van der Waals surface area (Å²) in [4.78, 5) is 39.8. The molecule has 0 bridgehead atoms. The molecule has 0 aliphatic rings. The van der Waals surface area contributed by atoms with Crippen molar-refractivity contribution >= 4 is 56.4 Å². The van der Waals surface area contributed by atoms with Crippen LogP contribution in [0.25, 0.3) is 0 Å². The predicted octanol–water partition coefficient (Wildman–Crippen LogP) is 4.84. The lowest BCUT2D eigenvalue weighted by molar-refractivity contribution is -0.384. The number of methoxy groups -OCH3 is 1. The van der Waals surface area contributed by atoms with Crippen molar-refractivity contribution in [2.75, 3.05) is 30.8 Å². The van der Waals surface area contributed by atoms with Gasteiger partial charge in [-0.25, -0.2) is 8.42 Å². The van der Waals surface area contributed by atoms with E-state index in [0.29, 0.717) is 22.8 Å². The van der Waals surface area contributed by atoms with Crippen molar-refractivity contribution in [3.05, 3.63) is 98.0 Å². The minimum atomic E-state index is -4.20. The van der Waals surface area contributed by atoms with Gasteiger partial charge in [0.15, 0.2) is 0 Å². The number of ether oxygens (including phenoxy) is 1. The van der Waals surface area contributed by atoms with Crippen LogP contribution in [0, 0.1) is 10.1 Å². The molecule has 3 rings (SSSR count). The number of carbonyl (C=O) groups excluding carboxylic acids is 2. The van der Waals surface area contributed by atoms with Gasteiger partial charge in [-0.2, -0.15) is 0 Å². The van der Waals surface area contributed by atoms with Crippen LogP contribution in [0.2, 0.25) is 10.0 Å². The molecule has 0 heterocycles. The van der Waals surface area contributed by atoms with E-state index < -0.39 is 45.0 Å². The van der Waals surface area contributed by atoms with Crippen molar-refractivity contribution in [2.24, 2.45) is 0 Å². The van der Waals surface area contributed by atoms with E-state index >= 15 is 0 Å². The van der Waals surface area contributed by atoms with Gasteiger partial charge in [0.2, 0.25) is 21.8 Å². The molecule has 230 valence electrons. The molecule has 2 amide bonds. The lowest BCUT2D eigenvalue weighted by Crippen LogP contribution is -2.53. The topological polar surface area (TPSA) is 139 Å². The molecule has 0 radical (unpaired) electrons. The Morgan fingerprint density at radius 2 is 1.70 bits per heavy atom. The Hall–Kier alpha value is -3.87. The maximum absolute atomic E-state index is 14.2. The predicted molar refractivity (Wildman–Crippen MR) is 166 cm³/mol. The molecule has 0 aromatic heterocycles. The van der Waals surface area contributed by atoms with Crippen LogP contribution >= 0.6 is 23.2 Å². The van der Waals surface area contributed by atoms with Gasteiger partial charge in [0.25, 0.3) is 5.69 Å². The van der Waals surface area contributed by atoms with Crippen molar-refractivity contribution in [1.29, 1.82) is 0 Å². The number of hydrogen-bond acceptors (Lipinski definition) is 7. The number of anilines is 1. The van der Waals surface area contributed by atoms with E-state index in [2.05, 4.69) is 5.32 Å². The highest BCUT2D eigenvalue weighted by Gasteiger charge is 2.34. The summed E-state index contributed by atoms with van der Waals surface area (Å²) in [5, 5.41) is 14.8. The van der Waals surface area contributed by atoms with E-state index in [9.17, 15) is 28.1 Å². The Bertz CT molecular complexity index is 1550. The number of nitrogens with one attached hydrogen (secondary N) is 1. The van der Waals surface area contributed by atoms with E-state index in [1.165, 1.54) is 18.1 Å². The van der Waals surface area contributed by atoms with Gasteiger partial charge < -0.3 is 15.0 Å². The SMILES string of the molecule is CCCNC(=O)[C@@H](Cc1ccccc1)N(Cc1c(Cl)cccc1Cl)C(=O)CN(c1cc([N+](=O)[O-])ccc1OC)S(C)(=O)=O. The largest absolute Gasteiger partial charge is 0.495 e. The van der Waals surface area contributed by atoms with Crippen molar-refractivity contribution < 1.29 is 27.7 Å². The Morgan fingerprint density at radius 3 is 2.26 bits per heavy atom. The standard InChI is InChI=1S/C29H32Cl2N4O7S/c1-4-15-32-29(37)26(16-20-9-6-5-7-10-20)33(18-22-23(30)11-8-12-24(22)31)28(36)19-34(43(3,40)41)25-17-21(35(38)39)13-14-27(25)42-2/h5-14,17,26H,4,15-16,18-19H2,1-3H3,(H,32,37)/t26-/m1/s1. The quantitative estimate of drug-likeness (QED) is 0.194. The molecule has 0 spiro atoms. The number of nitrogens with zero attached hydrogens (tertiary/aromatic N) is 3. The van der Waals surface area contributed by atoms with Gasteiger partial charge in [-0.3, -0.25) is 24.0 Å². The second-order valence-electron chi connectivity index (χ2n) is 9.60. The third kappa shape index (κ3) is 8.82. The fraction of sp³-hybridized carbons (Fsp3) is 0.310. The van der Waals surface area contributed by atoms with Gasteiger partial charge in [0.1, 0.15) is 24.0 Å². The number of halogens is 2. The Labute approximate surface area is 260 Å². The van der Waals surface area contributed by atoms with E-state index in [1.54, 1.807) is 30.3 Å². The molecule has 11 nitrogen and oxygen atoms in total. The number of non-ortho nitro benzene ring substituents is 1. The first-order chi connectivity index (χ1) is 20.4. The molecule has 0 unspecified atom stereocenters. The van der Waals surface area contributed by atoms with Crippen LogP contribution in [0.15, 0.2) is 66.7 Å². The summed E-state index contributed by atoms with van der Waals surface area (Å²) in [5.74, 6) is -1.24. The van der Waals surface area contributed by atoms with Crippen molar-refractivity contribution in [2.45, 2.75) is 32.4 Å². The van der Waals surface area contributed by atoms with Crippen molar-refractivity contribution in [3.63, 3.8) is 0 Å². The summed E-state index contributed by atoms with van der Waals surface area (Å²) >= 11 is 12.9. The van der Waals surface area contributed by atoms with Crippen LogP contribution < -0.4 is 14.4 Å². The zero-order valence-electron chi connectivity index (χ0n) is 23.8. The summed E-state index contributed by atoms with van der Waals surface area (Å²) in [6, 6.07) is 16.2. The van der Waals surface area contributed by atoms with E-state index in [0.717, 1.165) is 24.0 Å². The maximum atomic E-state index is 14.2. The minimum Gasteiger partial charge on any atom is -0.495 e. The number of carbonyl (C=O) groups is 2. The van der Waals surface area contributed by atoms with Gasteiger partial charge in [0.05, 0.1) is 18.3 Å². The first kappa shape index (κ1) is 33.6. The number of benzene rings is 3. The number of amides is 2. The molecule has 3 aromatic carbocycles. The van der Waals surface area contributed by atoms with Crippen LogP contribution in [-0.4, -0.2) is 62.6 Å². The van der Waals surface area contributed by atoms with E-state index in [-0.39, 0.29) is 34.4 Å². The fourth-order valence-corrected chi connectivity index (χ4v) is 5.72. The number of rotatable bonds is 14. The zero-order valence-corrected chi connectivity index (χ0v) is 26.2. The molecular formula is C29H32Cl2N4O7S. The Morgan fingerprint density at radius 1 is 1.05 bits per heavy atom.